The standard InChI is InChI=1S/C22H24N4O2/c1-4-26(21(23)24)19-14-18(25-28-19)22(2,3)17-12-8-11-16(13-17)20(27)15-9-6-5-7-10-15/h5-14H,4H2,1-3H3,(H3,23,24). The number of benzene rings is 2. The smallest absolute Gasteiger partial charge is 0.234 e. The zero-order chi connectivity index (χ0) is 20.3. The predicted octanol–water partition coefficient (Wildman–Crippen LogP) is 3.95. The maximum absolute atomic E-state index is 12.8. The third kappa shape index (κ3) is 3.67. The molecule has 0 unspecified atom stereocenters. The molecule has 0 aliphatic carbocycles. The molecule has 0 atom stereocenters. The Labute approximate surface area is 164 Å². The van der Waals surface area contributed by atoms with Gasteiger partial charge in [0, 0.05) is 29.2 Å². The van der Waals surface area contributed by atoms with Crippen LogP contribution in [0.25, 0.3) is 0 Å². The maximum Gasteiger partial charge on any atom is 0.234 e. The van der Waals surface area contributed by atoms with E-state index >= 15 is 0 Å². The van der Waals surface area contributed by atoms with E-state index in [1.165, 1.54) is 4.90 Å². The Morgan fingerprint density at radius 1 is 1.11 bits per heavy atom. The summed E-state index contributed by atoms with van der Waals surface area (Å²) >= 11 is 0. The summed E-state index contributed by atoms with van der Waals surface area (Å²) in [7, 11) is 0. The Kier molecular flexibility index (Phi) is 5.31. The molecule has 3 aromatic rings. The number of rotatable bonds is 6. The highest BCUT2D eigenvalue weighted by Gasteiger charge is 2.29. The minimum absolute atomic E-state index is 0.0205. The second-order valence-corrected chi connectivity index (χ2v) is 7.08. The Morgan fingerprint density at radius 2 is 1.79 bits per heavy atom. The Hall–Kier alpha value is -3.41. The molecule has 144 valence electrons. The second kappa shape index (κ2) is 7.68. The van der Waals surface area contributed by atoms with Gasteiger partial charge in [0.15, 0.2) is 11.7 Å². The quantitative estimate of drug-likeness (QED) is 0.386. The van der Waals surface area contributed by atoms with Gasteiger partial charge in [0.1, 0.15) is 0 Å². The van der Waals surface area contributed by atoms with Crippen LogP contribution in [0, 0.1) is 5.41 Å². The Bertz CT molecular complexity index is 993. The topological polar surface area (TPSA) is 96.2 Å². The highest BCUT2D eigenvalue weighted by atomic mass is 16.5. The molecule has 0 amide bonds. The van der Waals surface area contributed by atoms with Crippen LogP contribution in [0.15, 0.2) is 65.2 Å². The molecule has 0 saturated carbocycles. The fourth-order valence-corrected chi connectivity index (χ4v) is 3.09. The third-order valence-corrected chi connectivity index (χ3v) is 4.89. The van der Waals surface area contributed by atoms with Crippen LogP contribution in [0.3, 0.4) is 0 Å². The highest BCUT2D eigenvalue weighted by Crippen LogP contribution is 2.33. The summed E-state index contributed by atoms with van der Waals surface area (Å²) in [6, 6.07) is 18.6. The van der Waals surface area contributed by atoms with Crippen LogP contribution in [0.1, 0.15) is 48.0 Å². The average molecular weight is 376 g/mol. The number of hydrogen-bond donors (Lipinski definition) is 2. The fourth-order valence-electron chi connectivity index (χ4n) is 3.09. The van der Waals surface area contributed by atoms with Crippen molar-refractivity contribution in [2.75, 3.05) is 11.4 Å². The highest BCUT2D eigenvalue weighted by molar-refractivity contribution is 6.09. The molecule has 2 aromatic carbocycles. The van der Waals surface area contributed by atoms with Crippen LogP contribution < -0.4 is 10.6 Å². The molecule has 1 aromatic heterocycles. The van der Waals surface area contributed by atoms with Crippen LogP contribution >= 0.6 is 0 Å². The zero-order valence-electron chi connectivity index (χ0n) is 16.3. The summed E-state index contributed by atoms with van der Waals surface area (Å²) in [6.45, 7) is 6.43. The van der Waals surface area contributed by atoms with E-state index in [0.717, 1.165) is 5.56 Å². The SMILES string of the molecule is CCN(C(=N)N)c1cc(C(C)(C)c2cccc(C(=O)c3ccccc3)c2)no1. The lowest BCUT2D eigenvalue weighted by molar-refractivity contribution is 0.103. The van der Waals surface area contributed by atoms with Crippen molar-refractivity contribution in [3.8, 4) is 0 Å². The van der Waals surface area contributed by atoms with Crippen molar-refractivity contribution in [3.05, 3.63) is 83.0 Å². The van der Waals surface area contributed by atoms with E-state index in [4.69, 9.17) is 15.7 Å². The van der Waals surface area contributed by atoms with E-state index in [0.29, 0.717) is 29.2 Å². The summed E-state index contributed by atoms with van der Waals surface area (Å²) in [4.78, 5) is 14.3. The fraction of sp³-hybridized carbons (Fsp3) is 0.227. The van der Waals surface area contributed by atoms with Gasteiger partial charge >= 0.3 is 0 Å². The normalized spacial score (nSPS) is 11.2. The molecule has 1 heterocycles. The molecular weight excluding hydrogens is 352 g/mol. The molecule has 0 radical (unpaired) electrons. The molecule has 0 fully saturated rings. The van der Waals surface area contributed by atoms with E-state index in [2.05, 4.69) is 5.16 Å². The molecule has 0 spiro atoms. The number of carbonyl (C=O) groups excluding carboxylic acids is 1. The summed E-state index contributed by atoms with van der Waals surface area (Å²) in [6.07, 6.45) is 0. The van der Waals surface area contributed by atoms with Crippen LogP contribution in [0.5, 0.6) is 0 Å². The third-order valence-electron chi connectivity index (χ3n) is 4.89. The minimum Gasteiger partial charge on any atom is -0.370 e. The van der Waals surface area contributed by atoms with Crippen molar-refractivity contribution in [3.63, 3.8) is 0 Å². The van der Waals surface area contributed by atoms with Gasteiger partial charge in [0.25, 0.3) is 0 Å². The van der Waals surface area contributed by atoms with Gasteiger partial charge in [-0.05, 0) is 18.6 Å². The monoisotopic (exact) mass is 376 g/mol. The lowest BCUT2D eigenvalue weighted by Crippen LogP contribution is -2.35. The van der Waals surface area contributed by atoms with Crippen molar-refractivity contribution in [2.45, 2.75) is 26.2 Å². The molecule has 6 heteroatoms. The molecular formula is C22H24N4O2. The zero-order valence-corrected chi connectivity index (χ0v) is 16.3. The van der Waals surface area contributed by atoms with E-state index in [1.807, 2.05) is 75.4 Å². The van der Waals surface area contributed by atoms with Gasteiger partial charge in [0.2, 0.25) is 5.88 Å². The van der Waals surface area contributed by atoms with Crippen LogP contribution in [0.4, 0.5) is 5.88 Å². The van der Waals surface area contributed by atoms with E-state index in [-0.39, 0.29) is 11.7 Å². The first-order chi connectivity index (χ1) is 13.3. The first kappa shape index (κ1) is 19.4. The number of nitrogens with one attached hydrogen (secondary N) is 1. The predicted molar refractivity (Wildman–Crippen MR) is 110 cm³/mol. The van der Waals surface area contributed by atoms with Gasteiger partial charge in [-0.1, -0.05) is 67.5 Å². The van der Waals surface area contributed by atoms with Gasteiger partial charge in [0.05, 0.1) is 5.69 Å². The summed E-state index contributed by atoms with van der Waals surface area (Å²) in [5.41, 5.74) is 8.03. The van der Waals surface area contributed by atoms with Crippen molar-refractivity contribution < 1.29 is 9.32 Å². The Morgan fingerprint density at radius 3 is 2.43 bits per heavy atom. The number of anilines is 1. The largest absolute Gasteiger partial charge is 0.370 e. The first-order valence-electron chi connectivity index (χ1n) is 9.13. The number of ketones is 1. The molecule has 6 nitrogen and oxygen atoms in total. The molecule has 0 saturated heterocycles. The Balaban J connectivity index is 1.94. The van der Waals surface area contributed by atoms with Gasteiger partial charge in [-0.15, -0.1) is 0 Å². The van der Waals surface area contributed by atoms with Gasteiger partial charge in [-0.25, -0.2) is 0 Å². The van der Waals surface area contributed by atoms with E-state index < -0.39 is 5.41 Å². The molecule has 28 heavy (non-hydrogen) atoms. The maximum atomic E-state index is 12.8. The van der Waals surface area contributed by atoms with Crippen molar-refractivity contribution in [1.82, 2.24) is 5.16 Å². The number of guanidine groups is 1. The molecule has 3 rings (SSSR count). The molecule has 0 aliphatic heterocycles. The minimum atomic E-state index is -0.495. The summed E-state index contributed by atoms with van der Waals surface area (Å²) < 4.78 is 5.42. The molecule has 3 N–H and O–H groups in total. The lowest BCUT2D eigenvalue weighted by Gasteiger charge is -2.23. The van der Waals surface area contributed by atoms with Crippen molar-refractivity contribution in [1.29, 1.82) is 5.41 Å². The van der Waals surface area contributed by atoms with Crippen LogP contribution in [-0.2, 0) is 5.41 Å². The van der Waals surface area contributed by atoms with Crippen molar-refractivity contribution >= 4 is 17.6 Å². The van der Waals surface area contributed by atoms with Gasteiger partial charge < -0.3 is 10.3 Å². The van der Waals surface area contributed by atoms with Crippen molar-refractivity contribution in [2.24, 2.45) is 5.73 Å². The molecule has 0 bridgehead atoms. The number of aromatic nitrogens is 1. The van der Waals surface area contributed by atoms with Gasteiger partial charge in [-0.2, -0.15) is 0 Å². The van der Waals surface area contributed by atoms with Crippen LogP contribution in [-0.4, -0.2) is 23.4 Å². The molecule has 0 aliphatic rings. The summed E-state index contributed by atoms with van der Waals surface area (Å²) in [5.74, 6) is 0.306. The average Bonchev–Trinajstić information content (AvgIpc) is 3.19. The number of nitrogens with two attached hydrogens (primary N) is 1. The van der Waals surface area contributed by atoms with Gasteiger partial charge in [-0.3, -0.25) is 15.1 Å². The van der Waals surface area contributed by atoms with E-state index in [1.54, 1.807) is 6.07 Å². The number of nitrogens with zero attached hydrogens (tertiary/aromatic N) is 2. The lowest BCUT2D eigenvalue weighted by atomic mass is 9.80. The number of hydrogen-bond acceptors (Lipinski definition) is 4. The first-order valence-corrected chi connectivity index (χ1v) is 9.13. The van der Waals surface area contributed by atoms with E-state index in [9.17, 15) is 4.79 Å². The second-order valence-electron chi connectivity index (χ2n) is 7.08. The summed E-state index contributed by atoms with van der Waals surface area (Å²) in [5, 5.41) is 11.8. The number of carbonyl (C=O) groups is 1. The van der Waals surface area contributed by atoms with Crippen LogP contribution in [0.2, 0.25) is 0 Å².